The molecule has 3 aromatic rings. The van der Waals surface area contributed by atoms with Crippen molar-refractivity contribution in [3.63, 3.8) is 0 Å². The monoisotopic (exact) mass is 434 g/mol. The van der Waals surface area contributed by atoms with Gasteiger partial charge in [0, 0.05) is 18.6 Å². The van der Waals surface area contributed by atoms with Crippen molar-refractivity contribution in [3.05, 3.63) is 112 Å². The zero-order valence-corrected chi connectivity index (χ0v) is 17.6. The predicted molar refractivity (Wildman–Crippen MR) is 118 cm³/mol. The Hall–Kier alpha value is -3.44. The third-order valence-corrected chi connectivity index (χ3v) is 5.43. The van der Waals surface area contributed by atoms with E-state index in [9.17, 15) is 14.0 Å². The van der Waals surface area contributed by atoms with Gasteiger partial charge in [0.1, 0.15) is 11.5 Å². The molecule has 2 amide bonds. The van der Waals surface area contributed by atoms with Gasteiger partial charge in [0.2, 0.25) is 0 Å². The number of rotatable bonds is 6. The van der Waals surface area contributed by atoms with Crippen LogP contribution >= 0.6 is 11.6 Å². The second-order valence-electron chi connectivity index (χ2n) is 7.40. The molecule has 0 atom stereocenters. The average molecular weight is 435 g/mol. The van der Waals surface area contributed by atoms with Crippen LogP contribution in [0.2, 0.25) is 5.02 Å². The molecule has 0 N–H and O–H groups in total. The summed E-state index contributed by atoms with van der Waals surface area (Å²) in [5.74, 6) is -1.18. The highest BCUT2D eigenvalue weighted by molar-refractivity contribution is 6.35. The van der Waals surface area contributed by atoms with Crippen LogP contribution in [0.5, 0.6) is 0 Å². The van der Waals surface area contributed by atoms with E-state index < -0.39 is 11.7 Å². The number of hydrogen-bond acceptors (Lipinski definition) is 3. The SMILES string of the molecule is CN(Cc1ccccc1)C1=C(c2ccc(F)cc2)C(=O)N(Cc2ccc(Cl)cc2)C1=O. The van der Waals surface area contributed by atoms with E-state index in [1.165, 1.54) is 29.2 Å². The largest absolute Gasteiger partial charge is 0.365 e. The van der Waals surface area contributed by atoms with Gasteiger partial charge in [-0.1, -0.05) is 66.2 Å². The molecule has 4 rings (SSSR count). The number of nitrogens with zero attached hydrogens (tertiary/aromatic N) is 2. The Bertz CT molecular complexity index is 1140. The van der Waals surface area contributed by atoms with Gasteiger partial charge in [-0.25, -0.2) is 4.39 Å². The fourth-order valence-corrected chi connectivity index (χ4v) is 3.77. The summed E-state index contributed by atoms with van der Waals surface area (Å²) in [5.41, 5.74) is 2.88. The first-order valence-corrected chi connectivity index (χ1v) is 10.2. The Kier molecular flexibility index (Phi) is 5.87. The topological polar surface area (TPSA) is 40.6 Å². The van der Waals surface area contributed by atoms with Crippen LogP contribution in [0.25, 0.3) is 5.57 Å². The van der Waals surface area contributed by atoms with Gasteiger partial charge in [-0.2, -0.15) is 0 Å². The smallest absolute Gasteiger partial charge is 0.278 e. The maximum atomic E-state index is 13.5. The predicted octanol–water partition coefficient (Wildman–Crippen LogP) is 4.89. The van der Waals surface area contributed by atoms with Gasteiger partial charge in [-0.15, -0.1) is 0 Å². The van der Waals surface area contributed by atoms with Crippen LogP contribution in [0.3, 0.4) is 0 Å². The summed E-state index contributed by atoms with van der Waals surface area (Å²) in [6, 6.07) is 22.3. The van der Waals surface area contributed by atoms with E-state index in [2.05, 4.69) is 0 Å². The highest BCUT2D eigenvalue weighted by Crippen LogP contribution is 2.33. The van der Waals surface area contributed by atoms with Crippen molar-refractivity contribution >= 4 is 29.0 Å². The van der Waals surface area contributed by atoms with Gasteiger partial charge in [-0.3, -0.25) is 14.5 Å². The van der Waals surface area contributed by atoms with Crippen molar-refractivity contribution in [3.8, 4) is 0 Å². The van der Waals surface area contributed by atoms with Crippen LogP contribution < -0.4 is 0 Å². The van der Waals surface area contributed by atoms with Gasteiger partial charge in [0.15, 0.2) is 0 Å². The fraction of sp³-hybridized carbons (Fsp3) is 0.120. The number of carbonyl (C=O) groups excluding carboxylic acids is 2. The Labute approximate surface area is 185 Å². The van der Waals surface area contributed by atoms with E-state index in [0.29, 0.717) is 22.8 Å². The number of carbonyl (C=O) groups is 2. The minimum Gasteiger partial charge on any atom is -0.365 e. The lowest BCUT2D eigenvalue weighted by atomic mass is 10.0. The van der Waals surface area contributed by atoms with Crippen LogP contribution in [-0.2, 0) is 22.7 Å². The van der Waals surface area contributed by atoms with Crippen LogP contribution in [0, 0.1) is 5.82 Å². The zero-order valence-electron chi connectivity index (χ0n) is 16.9. The van der Waals surface area contributed by atoms with Crippen LogP contribution in [0.15, 0.2) is 84.6 Å². The Morgan fingerprint density at radius 3 is 2.13 bits per heavy atom. The third kappa shape index (κ3) is 4.37. The molecule has 0 aromatic heterocycles. The van der Waals surface area contributed by atoms with E-state index >= 15 is 0 Å². The van der Waals surface area contributed by atoms with Crippen molar-refractivity contribution in [1.29, 1.82) is 0 Å². The summed E-state index contributed by atoms with van der Waals surface area (Å²) in [5, 5.41) is 0.580. The first-order valence-electron chi connectivity index (χ1n) is 9.80. The highest BCUT2D eigenvalue weighted by atomic mass is 35.5. The van der Waals surface area contributed by atoms with Gasteiger partial charge in [0.05, 0.1) is 12.1 Å². The van der Waals surface area contributed by atoms with Gasteiger partial charge >= 0.3 is 0 Å². The van der Waals surface area contributed by atoms with E-state index in [4.69, 9.17) is 11.6 Å². The van der Waals surface area contributed by atoms with E-state index in [-0.39, 0.29) is 18.0 Å². The third-order valence-electron chi connectivity index (χ3n) is 5.17. The molecule has 0 bridgehead atoms. The number of amides is 2. The molecular weight excluding hydrogens is 415 g/mol. The Balaban J connectivity index is 1.71. The summed E-state index contributed by atoms with van der Waals surface area (Å²) in [7, 11) is 1.78. The van der Waals surface area contributed by atoms with Crippen molar-refractivity contribution < 1.29 is 14.0 Å². The molecule has 1 heterocycles. The minimum absolute atomic E-state index is 0.127. The number of imide groups is 1. The molecular formula is C25H20ClFN2O2. The van der Waals surface area contributed by atoms with Crippen LogP contribution in [0.4, 0.5) is 4.39 Å². The standard InChI is InChI=1S/C25H20ClFN2O2/c1-28(15-17-5-3-2-4-6-17)23-22(19-9-13-21(27)14-10-19)24(30)29(25(23)31)16-18-7-11-20(26)12-8-18/h2-14H,15-16H2,1H3. The summed E-state index contributed by atoms with van der Waals surface area (Å²) in [6.45, 7) is 0.580. The molecule has 0 aliphatic carbocycles. The number of halogens is 2. The first kappa shape index (κ1) is 20.8. The van der Waals surface area contributed by atoms with Crippen molar-refractivity contribution in [2.24, 2.45) is 0 Å². The number of benzene rings is 3. The van der Waals surface area contributed by atoms with Crippen LogP contribution in [-0.4, -0.2) is 28.7 Å². The lowest BCUT2D eigenvalue weighted by Gasteiger charge is -2.21. The molecule has 0 radical (unpaired) electrons. The van der Waals surface area contributed by atoms with E-state index in [1.807, 2.05) is 30.3 Å². The van der Waals surface area contributed by atoms with Crippen molar-refractivity contribution in [2.75, 3.05) is 7.05 Å². The molecule has 1 aliphatic heterocycles. The normalized spacial score (nSPS) is 13.8. The molecule has 0 unspecified atom stereocenters. The molecule has 0 spiro atoms. The Morgan fingerprint density at radius 1 is 0.839 bits per heavy atom. The van der Waals surface area contributed by atoms with Gasteiger partial charge < -0.3 is 4.90 Å². The van der Waals surface area contributed by atoms with Gasteiger partial charge in [0.25, 0.3) is 11.8 Å². The van der Waals surface area contributed by atoms with Crippen molar-refractivity contribution in [1.82, 2.24) is 9.80 Å². The molecule has 156 valence electrons. The molecule has 0 saturated carbocycles. The summed E-state index contributed by atoms with van der Waals surface area (Å²) >= 11 is 5.95. The highest BCUT2D eigenvalue weighted by Gasteiger charge is 2.40. The summed E-state index contributed by atoms with van der Waals surface area (Å²) < 4.78 is 13.5. The minimum atomic E-state index is -0.404. The summed E-state index contributed by atoms with van der Waals surface area (Å²) in [4.78, 5) is 29.7. The second-order valence-corrected chi connectivity index (χ2v) is 7.83. The number of likely N-dealkylation sites (N-methyl/N-ethyl adjacent to an activating group) is 1. The summed E-state index contributed by atoms with van der Waals surface area (Å²) in [6.07, 6.45) is 0. The van der Waals surface area contributed by atoms with E-state index in [0.717, 1.165) is 11.1 Å². The second kappa shape index (κ2) is 8.74. The van der Waals surface area contributed by atoms with Gasteiger partial charge in [-0.05, 0) is 41.0 Å². The van der Waals surface area contributed by atoms with Crippen LogP contribution in [0.1, 0.15) is 16.7 Å². The average Bonchev–Trinajstić information content (AvgIpc) is 3.01. The molecule has 6 heteroatoms. The molecule has 1 aliphatic rings. The maximum Gasteiger partial charge on any atom is 0.278 e. The molecule has 0 saturated heterocycles. The molecule has 4 nitrogen and oxygen atoms in total. The first-order chi connectivity index (χ1) is 14.9. The molecule has 31 heavy (non-hydrogen) atoms. The molecule has 0 fully saturated rings. The van der Waals surface area contributed by atoms with E-state index in [1.54, 1.807) is 36.2 Å². The quantitative estimate of drug-likeness (QED) is 0.518. The number of hydrogen-bond donors (Lipinski definition) is 0. The molecule has 3 aromatic carbocycles. The Morgan fingerprint density at radius 2 is 1.48 bits per heavy atom. The fourth-order valence-electron chi connectivity index (χ4n) is 3.65. The van der Waals surface area contributed by atoms with Crippen molar-refractivity contribution in [2.45, 2.75) is 13.1 Å². The lowest BCUT2D eigenvalue weighted by Crippen LogP contribution is -2.33. The lowest BCUT2D eigenvalue weighted by molar-refractivity contribution is -0.138. The zero-order chi connectivity index (χ0) is 22.0. The maximum absolute atomic E-state index is 13.5.